The highest BCUT2D eigenvalue weighted by molar-refractivity contribution is 5.94. The van der Waals surface area contributed by atoms with Gasteiger partial charge in [-0.05, 0) is 54.0 Å². The van der Waals surface area contributed by atoms with Crippen LogP contribution in [0.15, 0.2) is 18.2 Å². The van der Waals surface area contributed by atoms with E-state index in [-0.39, 0.29) is 23.9 Å². The molecule has 0 heterocycles. The largest absolute Gasteiger partial charge is 0.507 e. The molecular formula is C23H36N4O6. The minimum Gasteiger partial charge on any atom is -0.507 e. The molecule has 1 aromatic rings. The topological polar surface area (TPSA) is 151 Å². The van der Waals surface area contributed by atoms with Crippen LogP contribution in [0.5, 0.6) is 5.75 Å². The zero-order valence-corrected chi connectivity index (χ0v) is 20.4. The number of nitrogens with zero attached hydrogens (tertiary/aromatic N) is 1. The molecule has 1 aromatic carbocycles. The van der Waals surface area contributed by atoms with Crippen LogP contribution in [0.4, 0.5) is 4.79 Å². The van der Waals surface area contributed by atoms with E-state index >= 15 is 0 Å². The van der Waals surface area contributed by atoms with Crippen molar-refractivity contribution in [1.29, 1.82) is 0 Å². The fraction of sp³-hybridized carbons (Fsp3) is 0.565. The number of amides is 4. The summed E-state index contributed by atoms with van der Waals surface area (Å²) in [6.07, 6.45) is -1.40. The van der Waals surface area contributed by atoms with E-state index in [1.165, 1.54) is 4.90 Å². The molecular weight excluding hydrogens is 428 g/mol. The summed E-state index contributed by atoms with van der Waals surface area (Å²) in [4.78, 5) is 51.8. The van der Waals surface area contributed by atoms with Gasteiger partial charge in [-0.2, -0.15) is 0 Å². The number of alkyl carbamates (subject to hydrolysis) is 1. The Balaban J connectivity index is 3.44. The molecule has 2 unspecified atom stereocenters. The summed E-state index contributed by atoms with van der Waals surface area (Å²) in [5, 5.41) is 15.8. The lowest BCUT2D eigenvalue weighted by molar-refractivity contribution is -0.143. The predicted molar refractivity (Wildman–Crippen MR) is 123 cm³/mol. The van der Waals surface area contributed by atoms with E-state index in [4.69, 9.17) is 10.5 Å². The lowest BCUT2D eigenvalue weighted by Gasteiger charge is -2.34. The first kappa shape index (κ1) is 27.7. The van der Waals surface area contributed by atoms with Gasteiger partial charge < -0.3 is 31.1 Å². The van der Waals surface area contributed by atoms with Crippen molar-refractivity contribution < 1.29 is 29.0 Å². The molecule has 0 aromatic heterocycles. The maximum atomic E-state index is 13.5. The van der Waals surface area contributed by atoms with E-state index < -0.39 is 47.9 Å². The smallest absolute Gasteiger partial charge is 0.408 e. The van der Waals surface area contributed by atoms with Crippen molar-refractivity contribution in [2.75, 3.05) is 6.54 Å². The molecule has 0 aliphatic heterocycles. The van der Waals surface area contributed by atoms with Crippen molar-refractivity contribution in [3.8, 4) is 5.75 Å². The van der Waals surface area contributed by atoms with Gasteiger partial charge in [0.25, 0.3) is 0 Å². The summed E-state index contributed by atoms with van der Waals surface area (Å²) in [6, 6.07) is 2.08. The van der Waals surface area contributed by atoms with Crippen LogP contribution in [0.3, 0.4) is 0 Å². The highest BCUT2D eigenvalue weighted by Gasteiger charge is 2.37. The number of carbonyl (C=O) groups excluding carboxylic acids is 4. The molecule has 0 aliphatic rings. The van der Waals surface area contributed by atoms with E-state index in [9.17, 15) is 24.3 Å². The monoisotopic (exact) mass is 464 g/mol. The van der Waals surface area contributed by atoms with Crippen molar-refractivity contribution in [3.63, 3.8) is 0 Å². The minimum absolute atomic E-state index is 0.0493. The summed E-state index contributed by atoms with van der Waals surface area (Å²) >= 11 is 0. The molecule has 0 fully saturated rings. The van der Waals surface area contributed by atoms with E-state index in [1.54, 1.807) is 66.7 Å². The van der Waals surface area contributed by atoms with Crippen LogP contribution in [0.2, 0.25) is 0 Å². The highest BCUT2D eigenvalue weighted by Crippen LogP contribution is 2.32. The first-order chi connectivity index (χ1) is 15.2. The molecule has 10 nitrogen and oxygen atoms in total. The van der Waals surface area contributed by atoms with Gasteiger partial charge in [-0.15, -0.1) is 0 Å². The number of benzene rings is 1. The van der Waals surface area contributed by atoms with Gasteiger partial charge in [0.05, 0.1) is 6.42 Å². The number of rotatable bonds is 9. The fourth-order valence-corrected chi connectivity index (χ4v) is 3.23. The normalized spacial score (nSPS) is 13.1. The molecule has 184 valence electrons. The van der Waals surface area contributed by atoms with Crippen LogP contribution in [-0.4, -0.2) is 58.1 Å². The lowest BCUT2D eigenvalue weighted by atomic mass is 9.98. The Morgan fingerprint density at radius 2 is 1.76 bits per heavy atom. The quantitative estimate of drug-likeness (QED) is 0.438. The molecule has 0 aliphatic carbocycles. The Morgan fingerprint density at radius 3 is 2.24 bits per heavy atom. The summed E-state index contributed by atoms with van der Waals surface area (Å²) in [6.45, 7) is 11.9. The third-order valence-electron chi connectivity index (χ3n) is 4.57. The summed E-state index contributed by atoms with van der Waals surface area (Å²) < 4.78 is 5.20. The first-order valence-corrected chi connectivity index (χ1v) is 10.8. The number of carbonyl (C=O) groups is 4. The Hall–Kier alpha value is -3.30. The molecule has 1 rings (SSSR count). The molecule has 33 heavy (non-hydrogen) atoms. The van der Waals surface area contributed by atoms with Gasteiger partial charge in [-0.25, -0.2) is 4.79 Å². The predicted octanol–water partition coefficient (Wildman–Crippen LogP) is 1.88. The molecule has 0 saturated heterocycles. The number of phenolic OH excluding ortho intramolecular Hbond substituents is 1. The molecule has 0 spiro atoms. The number of aryl methyl sites for hydroxylation is 1. The number of ether oxygens (including phenoxy) is 1. The van der Waals surface area contributed by atoms with Crippen LogP contribution >= 0.6 is 0 Å². The van der Waals surface area contributed by atoms with E-state index in [1.807, 2.05) is 0 Å². The van der Waals surface area contributed by atoms with Crippen molar-refractivity contribution in [1.82, 2.24) is 15.5 Å². The van der Waals surface area contributed by atoms with Crippen LogP contribution < -0.4 is 16.4 Å². The number of nitrogens with one attached hydrogen (secondary N) is 2. The average Bonchev–Trinajstić information content (AvgIpc) is 2.65. The van der Waals surface area contributed by atoms with Gasteiger partial charge >= 0.3 is 6.09 Å². The van der Waals surface area contributed by atoms with Gasteiger partial charge in [0.1, 0.15) is 23.4 Å². The van der Waals surface area contributed by atoms with Gasteiger partial charge in [-0.3, -0.25) is 14.4 Å². The van der Waals surface area contributed by atoms with Crippen LogP contribution in [-0.2, 0) is 19.1 Å². The molecule has 5 N–H and O–H groups in total. The lowest BCUT2D eigenvalue weighted by Crippen LogP contribution is -2.54. The maximum absolute atomic E-state index is 13.5. The number of hydrogen-bond donors (Lipinski definition) is 4. The number of likely N-dealkylation sites (N-methyl/N-ethyl adjacent to an activating group) is 1. The van der Waals surface area contributed by atoms with Crippen LogP contribution in [0.1, 0.15) is 65.1 Å². The molecule has 0 saturated carbocycles. The number of aromatic hydroxyl groups is 1. The Bertz CT molecular complexity index is 878. The summed E-state index contributed by atoms with van der Waals surface area (Å²) in [5.74, 6) is -2.18. The van der Waals surface area contributed by atoms with Gasteiger partial charge in [0.15, 0.2) is 0 Å². The van der Waals surface area contributed by atoms with Gasteiger partial charge in [0.2, 0.25) is 17.7 Å². The summed E-state index contributed by atoms with van der Waals surface area (Å²) in [7, 11) is 0. The third-order valence-corrected chi connectivity index (χ3v) is 4.57. The van der Waals surface area contributed by atoms with Gasteiger partial charge in [0, 0.05) is 18.2 Å². The average molecular weight is 465 g/mol. The highest BCUT2D eigenvalue weighted by atomic mass is 16.6. The van der Waals surface area contributed by atoms with E-state index in [0.29, 0.717) is 5.56 Å². The number of primary amides is 1. The van der Waals surface area contributed by atoms with Gasteiger partial charge in [-0.1, -0.05) is 18.2 Å². The zero-order valence-electron chi connectivity index (χ0n) is 20.4. The SMILES string of the molecule is CCN(C(=O)C(CC(N)=O)NC(=O)OC(C)(C)C)C(C(=O)NC(C)C)c1cccc(C)c1O. The minimum atomic E-state index is -1.36. The number of nitrogens with two attached hydrogens (primary N) is 1. The van der Waals surface area contributed by atoms with Crippen molar-refractivity contribution in [2.45, 2.75) is 78.6 Å². The number of phenols is 1. The Morgan fingerprint density at radius 1 is 1.15 bits per heavy atom. The Labute approximate surface area is 194 Å². The summed E-state index contributed by atoms with van der Waals surface area (Å²) in [5.41, 5.74) is 5.23. The van der Waals surface area contributed by atoms with Crippen LogP contribution in [0.25, 0.3) is 0 Å². The molecule has 0 radical (unpaired) electrons. The maximum Gasteiger partial charge on any atom is 0.408 e. The number of hydrogen-bond acceptors (Lipinski definition) is 6. The standard InChI is InChI=1S/C23H36N4O6/c1-8-27(21(31)16(12-17(24)28)26-22(32)33-23(5,6)7)18(20(30)25-13(2)3)15-11-9-10-14(4)19(15)29/h9-11,13,16,18,29H,8,12H2,1-7H3,(H2,24,28)(H,25,30)(H,26,32). The second-order valence-corrected chi connectivity index (χ2v) is 9.07. The van der Waals surface area contributed by atoms with E-state index in [0.717, 1.165) is 0 Å². The van der Waals surface area contributed by atoms with Crippen molar-refractivity contribution in [3.05, 3.63) is 29.3 Å². The molecule has 10 heteroatoms. The third kappa shape index (κ3) is 8.28. The number of para-hydroxylation sites is 1. The fourth-order valence-electron chi connectivity index (χ4n) is 3.23. The molecule has 0 bridgehead atoms. The zero-order chi connectivity index (χ0) is 25.5. The van der Waals surface area contributed by atoms with E-state index in [2.05, 4.69) is 10.6 Å². The Kier molecular flexibility index (Phi) is 9.69. The van der Waals surface area contributed by atoms with Crippen LogP contribution in [0, 0.1) is 6.92 Å². The molecule has 4 amide bonds. The first-order valence-electron chi connectivity index (χ1n) is 10.8. The second-order valence-electron chi connectivity index (χ2n) is 9.07. The second kappa shape index (κ2) is 11.5. The molecule has 2 atom stereocenters. The van der Waals surface area contributed by atoms with Crippen molar-refractivity contribution in [2.24, 2.45) is 5.73 Å². The van der Waals surface area contributed by atoms with Crippen molar-refractivity contribution >= 4 is 23.8 Å².